The van der Waals surface area contributed by atoms with Crippen molar-refractivity contribution in [1.29, 1.82) is 0 Å². The Hall–Kier alpha value is -3.48. The highest BCUT2D eigenvalue weighted by Crippen LogP contribution is 2.32. The lowest BCUT2D eigenvalue weighted by Gasteiger charge is -2.12. The maximum atomic E-state index is 12.1. The Bertz CT molecular complexity index is 875. The van der Waals surface area contributed by atoms with E-state index in [0.717, 1.165) is 16.9 Å². The van der Waals surface area contributed by atoms with Crippen LogP contribution < -0.4 is 19.5 Å². The van der Waals surface area contributed by atoms with Crippen LogP contribution in [0.4, 0.5) is 0 Å². The van der Waals surface area contributed by atoms with Gasteiger partial charge in [0.2, 0.25) is 6.79 Å². The molecule has 2 aromatic carbocycles. The first-order valence-corrected chi connectivity index (χ1v) is 8.74. The molecule has 1 amide bonds. The summed E-state index contributed by atoms with van der Waals surface area (Å²) in [6.07, 6.45) is 1.95. The molecule has 3 rings (SSSR count). The molecule has 7 heteroatoms. The van der Waals surface area contributed by atoms with Crippen LogP contribution in [-0.4, -0.2) is 31.9 Å². The monoisotopic (exact) mass is 383 g/mol. The molecule has 0 saturated carbocycles. The summed E-state index contributed by atoms with van der Waals surface area (Å²) in [5.41, 5.74) is 1.67. The maximum absolute atomic E-state index is 12.1. The van der Waals surface area contributed by atoms with Crippen molar-refractivity contribution in [3.8, 4) is 17.2 Å². The number of methoxy groups -OCH3 is 1. The van der Waals surface area contributed by atoms with E-state index in [1.807, 2.05) is 24.3 Å². The first-order valence-electron chi connectivity index (χ1n) is 8.74. The number of benzene rings is 2. The van der Waals surface area contributed by atoms with Gasteiger partial charge in [-0.05, 0) is 48.4 Å². The lowest BCUT2D eigenvalue weighted by Crippen LogP contribution is -2.35. The van der Waals surface area contributed by atoms with Crippen LogP contribution >= 0.6 is 0 Å². The molecule has 146 valence electrons. The van der Waals surface area contributed by atoms with Crippen molar-refractivity contribution in [3.63, 3.8) is 0 Å². The summed E-state index contributed by atoms with van der Waals surface area (Å²) >= 11 is 0. The van der Waals surface area contributed by atoms with E-state index in [1.165, 1.54) is 13.0 Å². The second-order valence-corrected chi connectivity index (χ2v) is 6.09. The van der Waals surface area contributed by atoms with Gasteiger partial charge in [0.15, 0.2) is 17.6 Å². The highest BCUT2D eigenvalue weighted by atomic mass is 16.7. The average Bonchev–Trinajstić information content (AvgIpc) is 3.18. The molecule has 0 aliphatic carbocycles. The van der Waals surface area contributed by atoms with E-state index >= 15 is 0 Å². The summed E-state index contributed by atoms with van der Waals surface area (Å²) in [6, 6.07) is 12.6. The first-order chi connectivity index (χ1) is 13.5. The van der Waals surface area contributed by atoms with Crippen LogP contribution in [0.2, 0.25) is 0 Å². The van der Waals surface area contributed by atoms with E-state index in [1.54, 1.807) is 31.4 Å². The van der Waals surface area contributed by atoms with Gasteiger partial charge in [0.05, 0.1) is 7.11 Å². The number of fused-ring (bicyclic) bond motifs is 1. The third kappa shape index (κ3) is 5.03. The molecule has 2 aromatic rings. The Morgan fingerprint density at radius 2 is 1.89 bits per heavy atom. The molecular weight excluding hydrogens is 362 g/mol. The molecule has 0 fully saturated rings. The van der Waals surface area contributed by atoms with E-state index in [-0.39, 0.29) is 12.7 Å². The van der Waals surface area contributed by atoms with Gasteiger partial charge in [-0.15, -0.1) is 0 Å². The zero-order valence-corrected chi connectivity index (χ0v) is 15.6. The highest BCUT2D eigenvalue weighted by Gasteiger charge is 2.16. The van der Waals surface area contributed by atoms with Gasteiger partial charge in [0.1, 0.15) is 5.75 Å². The smallest absolute Gasteiger partial charge is 0.331 e. The molecule has 0 unspecified atom stereocenters. The third-order valence-electron chi connectivity index (χ3n) is 4.10. The molecule has 1 aliphatic rings. The summed E-state index contributed by atoms with van der Waals surface area (Å²) in [6.45, 7) is 2.04. The van der Waals surface area contributed by atoms with Crippen LogP contribution in [0.5, 0.6) is 17.2 Å². The van der Waals surface area contributed by atoms with Crippen molar-refractivity contribution in [3.05, 3.63) is 59.7 Å². The molecule has 0 aromatic heterocycles. The SMILES string of the molecule is COc1ccc(CNC(=O)[C@@H](C)OC(=O)/C=C/c2ccc3c(c2)OCO3)cc1. The minimum Gasteiger partial charge on any atom is -0.497 e. The molecule has 1 heterocycles. The Morgan fingerprint density at radius 3 is 2.64 bits per heavy atom. The standard InChI is InChI=1S/C21H21NO6/c1-14(21(24)22-12-16-3-7-17(25-2)8-4-16)28-20(23)10-6-15-5-9-18-19(11-15)27-13-26-18/h3-11,14H,12-13H2,1-2H3,(H,22,24)/b10-6+/t14-/m1/s1. The van der Waals surface area contributed by atoms with Crippen molar-refractivity contribution in [2.75, 3.05) is 13.9 Å². The summed E-state index contributed by atoms with van der Waals surface area (Å²) in [4.78, 5) is 24.1. The second kappa shape index (κ2) is 8.94. The Labute approximate surface area is 162 Å². The van der Waals surface area contributed by atoms with Crippen molar-refractivity contribution in [1.82, 2.24) is 5.32 Å². The van der Waals surface area contributed by atoms with E-state index in [9.17, 15) is 9.59 Å². The molecule has 1 N–H and O–H groups in total. The van der Waals surface area contributed by atoms with Crippen LogP contribution in [0.15, 0.2) is 48.5 Å². The number of carbonyl (C=O) groups is 2. The fourth-order valence-electron chi connectivity index (χ4n) is 2.52. The quantitative estimate of drug-likeness (QED) is 0.585. The van der Waals surface area contributed by atoms with E-state index in [4.69, 9.17) is 18.9 Å². The summed E-state index contributed by atoms with van der Waals surface area (Å²) in [5, 5.41) is 2.73. The van der Waals surface area contributed by atoms with Gasteiger partial charge in [-0.3, -0.25) is 4.79 Å². The number of ether oxygens (including phenoxy) is 4. The summed E-state index contributed by atoms with van der Waals surface area (Å²) < 4.78 is 20.7. The van der Waals surface area contributed by atoms with Crippen LogP contribution in [-0.2, 0) is 20.9 Å². The van der Waals surface area contributed by atoms with Crippen molar-refractivity contribution in [2.45, 2.75) is 19.6 Å². The molecule has 0 radical (unpaired) electrons. The Balaban J connectivity index is 1.46. The average molecular weight is 383 g/mol. The van der Waals surface area contributed by atoms with Crippen LogP contribution in [0.3, 0.4) is 0 Å². The van der Waals surface area contributed by atoms with E-state index in [0.29, 0.717) is 18.0 Å². The molecule has 7 nitrogen and oxygen atoms in total. The fraction of sp³-hybridized carbons (Fsp3) is 0.238. The number of amides is 1. The van der Waals surface area contributed by atoms with Gasteiger partial charge in [-0.1, -0.05) is 18.2 Å². The highest BCUT2D eigenvalue weighted by molar-refractivity contribution is 5.90. The molecule has 0 spiro atoms. The molecule has 1 aliphatic heterocycles. The van der Waals surface area contributed by atoms with Crippen molar-refractivity contribution in [2.24, 2.45) is 0 Å². The minimum absolute atomic E-state index is 0.188. The number of hydrogen-bond acceptors (Lipinski definition) is 6. The van der Waals surface area contributed by atoms with Crippen LogP contribution in [0.1, 0.15) is 18.1 Å². The van der Waals surface area contributed by atoms with E-state index < -0.39 is 12.1 Å². The zero-order chi connectivity index (χ0) is 19.9. The first kappa shape index (κ1) is 19.3. The lowest BCUT2D eigenvalue weighted by molar-refractivity contribution is -0.150. The topological polar surface area (TPSA) is 83.1 Å². The summed E-state index contributed by atoms with van der Waals surface area (Å²) in [7, 11) is 1.59. The van der Waals surface area contributed by atoms with Gasteiger partial charge in [0, 0.05) is 12.6 Å². The number of nitrogens with one attached hydrogen (secondary N) is 1. The van der Waals surface area contributed by atoms with Crippen molar-refractivity contribution >= 4 is 18.0 Å². The number of carbonyl (C=O) groups excluding carboxylic acids is 2. The van der Waals surface area contributed by atoms with Crippen LogP contribution in [0, 0.1) is 0 Å². The van der Waals surface area contributed by atoms with Gasteiger partial charge in [-0.25, -0.2) is 4.79 Å². The molecule has 1 atom stereocenters. The van der Waals surface area contributed by atoms with E-state index in [2.05, 4.69) is 5.32 Å². The van der Waals surface area contributed by atoms with Crippen molar-refractivity contribution < 1.29 is 28.5 Å². The number of hydrogen-bond donors (Lipinski definition) is 1. The van der Waals surface area contributed by atoms with Gasteiger partial charge >= 0.3 is 5.97 Å². The molecular formula is C21H21NO6. The zero-order valence-electron chi connectivity index (χ0n) is 15.6. The largest absolute Gasteiger partial charge is 0.497 e. The molecule has 0 saturated heterocycles. The van der Waals surface area contributed by atoms with Crippen LogP contribution in [0.25, 0.3) is 6.08 Å². The minimum atomic E-state index is -0.910. The second-order valence-electron chi connectivity index (χ2n) is 6.09. The molecule has 0 bridgehead atoms. The normalized spacial score (nSPS) is 13.2. The summed E-state index contributed by atoms with van der Waals surface area (Å²) in [5.74, 6) is 1.06. The number of esters is 1. The Morgan fingerprint density at radius 1 is 1.14 bits per heavy atom. The predicted octanol–water partition coefficient (Wildman–Crippen LogP) is 2.69. The molecule has 28 heavy (non-hydrogen) atoms. The van der Waals surface area contributed by atoms with Gasteiger partial charge in [-0.2, -0.15) is 0 Å². The number of rotatable bonds is 7. The third-order valence-corrected chi connectivity index (χ3v) is 4.10. The fourth-order valence-corrected chi connectivity index (χ4v) is 2.52. The predicted molar refractivity (Wildman–Crippen MR) is 102 cm³/mol. The van der Waals surface area contributed by atoms with Gasteiger partial charge < -0.3 is 24.3 Å². The maximum Gasteiger partial charge on any atom is 0.331 e. The lowest BCUT2D eigenvalue weighted by atomic mass is 10.2. The van der Waals surface area contributed by atoms with Gasteiger partial charge in [0.25, 0.3) is 5.91 Å². The Kier molecular flexibility index (Phi) is 6.16.